The summed E-state index contributed by atoms with van der Waals surface area (Å²) >= 11 is 0. The van der Waals surface area contributed by atoms with Gasteiger partial charge >= 0.3 is 30.1 Å². The number of alkyl halides is 7. The van der Waals surface area contributed by atoms with Gasteiger partial charge in [0.05, 0.1) is 6.54 Å². The zero-order valence-corrected chi connectivity index (χ0v) is 22.9. The summed E-state index contributed by atoms with van der Waals surface area (Å²) in [5.41, 5.74) is 1.55. The van der Waals surface area contributed by atoms with E-state index in [0.717, 1.165) is 10.5 Å². The highest BCUT2D eigenvalue weighted by atomic mass is 19.4. The van der Waals surface area contributed by atoms with Crippen LogP contribution in [-0.2, 0) is 16.0 Å². The van der Waals surface area contributed by atoms with Crippen molar-refractivity contribution in [2.75, 3.05) is 26.3 Å². The number of halogens is 7. The summed E-state index contributed by atoms with van der Waals surface area (Å²) in [6, 6.07) is 12.8. The van der Waals surface area contributed by atoms with Crippen LogP contribution >= 0.6 is 0 Å². The maximum atomic E-state index is 13.6. The number of unbranched alkanes of at least 4 members (excludes halogenated alkanes) is 1. The minimum atomic E-state index is -6.41. The van der Waals surface area contributed by atoms with Gasteiger partial charge in [0.15, 0.2) is 6.10 Å². The molecule has 0 saturated carbocycles. The van der Waals surface area contributed by atoms with Crippen LogP contribution < -0.4 is 9.47 Å². The third-order valence-electron chi connectivity index (χ3n) is 6.09. The molecule has 2 rings (SSSR count). The first kappa shape index (κ1) is 34.7. The molecule has 1 atom stereocenters. The van der Waals surface area contributed by atoms with E-state index in [-0.39, 0.29) is 44.9 Å². The van der Waals surface area contributed by atoms with Crippen LogP contribution in [0.3, 0.4) is 0 Å². The van der Waals surface area contributed by atoms with Crippen LogP contribution in [-0.4, -0.2) is 72.5 Å². The predicted molar refractivity (Wildman–Crippen MR) is 137 cm³/mol. The van der Waals surface area contributed by atoms with Crippen molar-refractivity contribution in [1.82, 2.24) is 4.90 Å². The average Bonchev–Trinajstić information content (AvgIpc) is 2.91. The quantitative estimate of drug-likeness (QED) is 0.164. The van der Waals surface area contributed by atoms with E-state index in [2.05, 4.69) is 0 Å². The molecule has 0 bridgehead atoms. The fourth-order valence-electron chi connectivity index (χ4n) is 3.71. The molecule has 14 heteroatoms. The normalized spacial score (nSPS) is 13.0. The first-order valence-corrected chi connectivity index (χ1v) is 13.0. The Hall–Kier alpha value is -3.55. The fourth-order valence-corrected chi connectivity index (χ4v) is 3.71. The number of aliphatic carboxylic acids is 1. The zero-order valence-electron chi connectivity index (χ0n) is 22.9. The summed E-state index contributed by atoms with van der Waals surface area (Å²) < 4.78 is 107. The maximum Gasteiger partial charge on any atom is 0.459 e. The Morgan fingerprint density at radius 1 is 0.881 bits per heavy atom. The standard InChI is InChI=1S/C28H32F7NO6/c1-3-40-23(24(37)38)18-20-8-12-21(13-9-20)41-17-16-36(25(39)42-22-10-6-19(2)7-11-22)15-5-4-14-26(29,30)27(31,32)28(33,34)35/h6-13,23H,3-5,14-18H2,1-2H3,(H,37,38). The Morgan fingerprint density at radius 2 is 1.48 bits per heavy atom. The van der Waals surface area contributed by atoms with Gasteiger partial charge in [0, 0.05) is 26.0 Å². The van der Waals surface area contributed by atoms with Crippen LogP contribution in [0.5, 0.6) is 11.5 Å². The largest absolute Gasteiger partial charge is 0.492 e. The van der Waals surface area contributed by atoms with E-state index in [1.54, 1.807) is 43.3 Å². The van der Waals surface area contributed by atoms with Crippen molar-refractivity contribution in [2.24, 2.45) is 0 Å². The van der Waals surface area contributed by atoms with Gasteiger partial charge in [0.2, 0.25) is 0 Å². The Bertz CT molecular complexity index is 1140. The third-order valence-corrected chi connectivity index (χ3v) is 6.09. The molecule has 0 fully saturated rings. The number of hydrogen-bond donors (Lipinski definition) is 1. The first-order chi connectivity index (χ1) is 19.6. The van der Waals surface area contributed by atoms with Gasteiger partial charge in [-0.2, -0.15) is 30.7 Å². The number of hydrogen-bond acceptors (Lipinski definition) is 5. The van der Waals surface area contributed by atoms with Crippen molar-refractivity contribution in [2.45, 2.75) is 63.7 Å². The number of nitrogens with zero attached hydrogens (tertiary/aromatic N) is 1. The van der Waals surface area contributed by atoms with Gasteiger partial charge in [-0.05, 0) is 56.5 Å². The van der Waals surface area contributed by atoms with Crippen molar-refractivity contribution < 1.29 is 59.6 Å². The molecule has 42 heavy (non-hydrogen) atoms. The zero-order chi connectivity index (χ0) is 31.6. The van der Waals surface area contributed by atoms with E-state index in [0.29, 0.717) is 11.3 Å². The van der Waals surface area contributed by atoms with Gasteiger partial charge in [0.1, 0.15) is 18.1 Å². The highest BCUT2D eigenvalue weighted by Gasteiger charge is 2.72. The molecule has 0 aliphatic rings. The van der Waals surface area contributed by atoms with Gasteiger partial charge in [-0.25, -0.2) is 9.59 Å². The van der Waals surface area contributed by atoms with Gasteiger partial charge in [-0.1, -0.05) is 29.8 Å². The summed E-state index contributed by atoms with van der Waals surface area (Å²) in [6.45, 7) is 3.18. The number of rotatable bonds is 16. The van der Waals surface area contributed by atoms with E-state index >= 15 is 0 Å². The van der Waals surface area contributed by atoms with Crippen molar-refractivity contribution in [3.05, 3.63) is 59.7 Å². The molecule has 1 unspecified atom stereocenters. The molecule has 0 heterocycles. The molecule has 0 spiro atoms. The second-order valence-corrected chi connectivity index (χ2v) is 9.38. The molecule has 0 aliphatic carbocycles. The lowest BCUT2D eigenvalue weighted by Crippen LogP contribution is -2.51. The van der Waals surface area contributed by atoms with Gasteiger partial charge in [-0.15, -0.1) is 0 Å². The van der Waals surface area contributed by atoms with Gasteiger partial charge in [0.25, 0.3) is 0 Å². The van der Waals surface area contributed by atoms with Crippen molar-refractivity contribution >= 4 is 12.1 Å². The molecule has 2 aromatic rings. The molecule has 2 aromatic carbocycles. The number of aryl methyl sites for hydroxylation is 1. The van der Waals surface area contributed by atoms with Crippen LogP contribution in [0.25, 0.3) is 0 Å². The molecular weight excluding hydrogens is 579 g/mol. The SMILES string of the molecule is CCOC(Cc1ccc(OCCN(CCCCC(F)(F)C(F)(F)C(F)(F)F)C(=O)Oc2ccc(C)cc2)cc1)C(=O)O. The minimum absolute atomic E-state index is 0.110. The summed E-state index contributed by atoms with van der Waals surface area (Å²) in [4.78, 5) is 25.1. The highest BCUT2D eigenvalue weighted by Crippen LogP contribution is 2.48. The molecule has 1 amide bonds. The van der Waals surface area contributed by atoms with E-state index in [4.69, 9.17) is 14.2 Å². The average molecular weight is 612 g/mol. The number of benzene rings is 2. The van der Waals surface area contributed by atoms with E-state index in [9.17, 15) is 45.4 Å². The lowest BCUT2D eigenvalue weighted by atomic mass is 10.0. The molecule has 234 valence electrons. The number of carbonyl (C=O) groups excluding carboxylic acids is 1. The van der Waals surface area contributed by atoms with Crippen LogP contribution in [0.1, 0.15) is 37.3 Å². The number of ether oxygens (including phenoxy) is 3. The van der Waals surface area contributed by atoms with Crippen molar-refractivity contribution in [1.29, 1.82) is 0 Å². The highest BCUT2D eigenvalue weighted by molar-refractivity contribution is 5.72. The Labute approximate surface area is 238 Å². The van der Waals surface area contributed by atoms with Crippen LogP contribution in [0, 0.1) is 6.92 Å². The summed E-state index contributed by atoms with van der Waals surface area (Å²) in [7, 11) is 0. The minimum Gasteiger partial charge on any atom is -0.492 e. The van der Waals surface area contributed by atoms with Gasteiger partial charge < -0.3 is 24.2 Å². The van der Waals surface area contributed by atoms with Crippen LogP contribution in [0.2, 0.25) is 0 Å². The number of carboxylic acids is 1. The van der Waals surface area contributed by atoms with E-state index in [1.807, 2.05) is 6.92 Å². The van der Waals surface area contributed by atoms with Crippen LogP contribution in [0.15, 0.2) is 48.5 Å². The Balaban J connectivity index is 1.99. The number of amides is 1. The number of carbonyl (C=O) groups is 2. The smallest absolute Gasteiger partial charge is 0.459 e. The second-order valence-electron chi connectivity index (χ2n) is 9.38. The lowest BCUT2D eigenvalue weighted by molar-refractivity contribution is -0.355. The molecular formula is C28H32F7NO6. The Morgan fingerprint density at radius 3 is 2.02 bits per heavy atom. The lowest BCUT2D eigenvalue weighted by Gasteiger charge is -2.28. The third kappa shape index (κ3) is 10.1. The van der Waals surface area contributed by atoms with E-state index in [1.165, 1.54) is 12.1 Å². The maximum absolute atomic E-state index is 13.6. The fraction of sp³-hybridized carbons (Fsp3) is 0.500. The molecule has 0 aromatic heterocycles. The topological polar surface area (TPSA) is 85.3 Å². The molecule has 7 nitrogen and oxygen atoms in total. The van der Waals surface area contributed by atoms with Gasteiger partial charge in [-0.3, -0.25) is 0 Å². The monoisotopic (exact) mass is 611 g/mol. The molecule has 1 N–H and O–H groups in total. The second kappa shape index (κ2) is 15.1. The van der Waals surface area contributed by atoms with Crippen molar-refractivity contribution in [3.8, 4) is 11.5 Å². The molecule has 0 aliphatic heterocycles. The first-order valence-electron chi connectivity index (χ1n) is 13.0. The predicted octanol–water partition coefficient (Wildman–Crippen LogP) is 6.91. The molecule has 0 saturated heterocycles. The van der Waals surface area contributed by atoms with E-state index < -0.39 is 49.0 Å². The summed E-state index contributed by atoms with van der Waals surface area (Å²) in [6.07, 6.45) is -11.0. The van der Waals surface area contributed by atoms with Crippen LogP contribution in [0.4, 0.5) is 35.5 Å². The number of carboxylic acid groups (broad SMARTS) is 1. The van der Waals surface area contributed by atoms with Crippen molar-refractivity contribution in [3.63, 3.8) is 0 Å². The summed E-state index contributed by atoms with van der Waals surface area (Å²) in [5.74, 6) is -12.1. The summed E-state index contributed by atoms with van der Waals surface area (Å²) in [5, 5.41) is 9.22. The molecule has 0 radical (unpaired) electrons. The Kier molecular flexibility index (Phi) is 12.4.